The van der Waals surface area contributed by atoms with Gasteiger partial charge in [-0.3, -0.25) is 13.9 Å². The van der Waals surface area contributed by atoms with Crippen molar-refractivity contribution < 1.29 is 31.2 Å². The number of nitrogens with zero attached hydrogens (tertiary/aromatic N) is 3. The molecule has 1 aromatic heterocycles. The zero-order valence-electron chi connectivity index (χ0n) is 23.6. The summed E-state index contributed by atoms with van der Waals surface area (Å²) in [5.74, 6) is -1.02. The lowest BCUT2D eigenvalue weighted by Gasteiger charge is -2.24. The van der Waals surface area contributed by atoms with E-state index in [0.717, 1.165) is 10.6 Å². The number of hydrogen-bond donors (Lipinski definition) is 0. The lowest BCUT2D eigenvalue weighted by molar-refractivity contribution is 0.0789. The predicted molar refractivity (Wildman–Crippen MR) is 159 cm³/mol. The molecular weight excluding hydrogens is 576 g/mol. The minimum absolute atomic E-state index is 0.109. The highest BCUT2D eigenvalue weighted by molar-refractivity contribution is 7.92. The average molecular weight is 606 g/mol. The van der Waals surface area contributed by atoms with Gasteiger partial charge in [0.2, 0.25) is 10.0 Å². The molecule has 1 saturated heterocycles. The van der Waals surface area contributed by atoms with Crippen LogP contribution in [0.25, 0.3) is 33.4 Å². The largest absolute Gasteiger partial charge is 0.455 e. The Labute approximate surface area is 248 Å². The van der Waals surface area contributed by atoms with Crippen LogP contribution in [0.3, 0.4) is 0 Å². The molecule has 0 radical (unpaired) electrons. The summed E-state index contributed by atoms with van der Waals surface area (Å²) < 4.78 is 60.2. The number of sulfonamides is 1. The number of carbonyl (C=O) groups is 2. The van der Waals surface area contributed by atoms with Crippen molar-refractivity contribution in [3.05, 3.63) is 77.6 Å². The average Bonchev–Trinajstić information content (AvgIpc) is 3.63. The minimum atomic E-state index is -3.97. The van der Waals surface area contributed by atoms with Crippen molar-refractivity contribution in [3.8, 4) is 28.5 Å². The van der Waals surface area contributed by atoms with Crippen LogP contribution < -0.4 is 4.31 Å². The lowest BCUT2D eigenvalue weighted by atomic mass is 9.95. The number of Topliss-reactive ketones (excluding diaryl/α,β-unsaturated/α-hetero) is 1. The molecule has 8 nitrogen and oxygen atoms in total. The van der Waals surface area contributed by atoms with E-state index in [1.807, 2.05) is 0 Å². The Morgan fingerprint density at radius 3 is 2.49 bits per heavy atom. The molecule has 43 heavy (non-hydrogen) atoms. The van der Waals surface area contributed by atoms with Crippen LogP contribution in [0.1, 0.15) is 40.5 Å². The molecule has 0 spiro atoms. The molecular formula is C32H29F2N3O5S. The van der Waals surface area contributed by atoms with Gasteiger partial charge in [-0.2, -0.15) is 5.26 Å². The molecule has 0 N–H and O–H groups in total. The number of halogens is 2. The summed E-state index contributed by atoms with van der Waals surface area (Å²) in [7, 11) is -3.97. The maximum Gasteiger partial charge on any atom is 0.253 e. The molecule has 0 aliphatic carbocycles. The van der Waals surface area contributed by atoms with Crippen molar-refractivity contribution in [1.29, 1.82) is 5.26 Å². The molecule has 0 saturated carbocycles. The number of carbonyl (C=O) groups excluding carboxylic acids is 2. The molecule has 0 unspecified atom stereocenters. The maximum absolute atomic E-state index is 13.7. The molecule has 11 heteroatoms. The first-order valence-corrected chi connectivity index (χ1v) is 15.6. The molecule has 3 aromatic carbocycles. The van der Waals surface area contributed by atoms with Crippen LogP contribution in [0.5, 0.6) is 0 Å². The van der Waals surface area contributed by atoms with Gasteiger partial charge in [-0.15, -0.1) is 0 Å². The van der Waals surface area contributed by atoms with Crippen LogP contribution in [0.2, 0.25) is 0 Å². The Balaban J connectivity index is 1.75. The number of benzene rings is 3. The number of alkyl halides is 1. The van der Waals surface area contributed by atoms with E-state index in [0.29, 0.717) is 47.2 Å². The lowest BCUT2D eigenvalue weighted by Crippen LogP contribution is -2.32. The Kier molecular flexibility index (Phi) is 8.33. The fourth-order valence-electron chi connectivity index (χ4n) is 5.42. The fourth-order valence-corrected chi connectivity index (χ4v) is 6.33. The first-order valence-electron chi connectivity index (χ1n) is 13.8. The molecule has 5 rings (SSSR count). The molecule has 2 heterocycles. The third-order valence-corrected chi connectivity index (χ3v) is 8.73. The molecule has 222 valence electrons. The van der Waals surface area contributed by atoms with Crippen molar-refractivity contribution in [2.45, 2.75) is 19.8 Å². The molecule has 4 aromatic rings. The van der Waals surface area contributed by atoms with E-state index in [9.17, 15) is 32.0 Å². The van der Waals surface area contributed by atoms with Crippen LogP contribution in [0.4, 0.5) is 14.5 Å². The molecule has 1 aliphatic heterocycles. The second-order valence-electron chi connectivity index (χ2n) is 10.4. The normalized spacial score (nSPS) is 15.0. The first-order chi connectivity index (χ1) is 20.5. The van der Waals surface area contributed by atoms with E-state index in [2.05, 4.69) is 6.07 Å². The number of amides is 1. The van der Waals surface area contributed by atoms with Crippen molar-refractivity contribution in [1.82, 2.24) is 4.90 Å². The molecule has 0 bridgehead atoms. The maximum atomic E-state index is 13.7. The van der Waals surface area contributed by atoms with Gasteiger partial charge in [0, 0.05) is 47.7 Å². The molecule has 1 aliphatic rings. The number of nitriles is 1. The number of ketones is 1. The standard InChI is InChI=1S/C32H29F2N3O5S/c1-3-28(38)30-26-16-25(22-5-4-6-23(15-22)32(39)36-13-11-20(18-35)19-36)27(37(14-12-33)43(2,40)41)17-29(26)42-31(30)21-7-9-24(34)10-8-21/h4-10,15-17,20H,3,11-14,19H2,1-2H3/t20-/m0/s1. The van der Waals surface area contributed by atoms with Gasteiger partial charge in [0.1, 0.15) is 23.8 Å². The minimum Gasteiger partial charge on any atom is -0.455 e. The van der Waals surface area contributed by atoms with Gasteiger partial charge in [-0.25, -0.2) is 17.2 Å². The monoisotopic (exact) mass is 605 g/mol. The van der Waals surface area contributed by atoms with Crippen molar-refractivity contribution >= 4 is 38.4 Å². The Hall–Kier alpha value is -4.56. The topological polar surface area (TPSA) is 112 Å². The van der Waals surface area contributed by atoms with Crippen LogP contribution in [0, 0.1) is 23.1 Å². The van der Waals surface area contributed by atoms with Gasteiger partial charge in [0.15, 0.2) is 5.78 Å². The van der Waals surface area contributed by atoms with Crippen molar-refractivity contribution in [3.63, 3.8) is 0 Å². The number of furan rings is 1. The number of anilines is 1. The summed E-state index contributed by atoms with van der Waals surface area (Å²) in [5.41, 5.74) is 2.14. The Bertz CT molecular complexity index is 1860. The Morgan fingerprint density at radius 2 is 1.86 bits per heavy atom. The highest BCUT2D eigenvalue weighted by Gasteiger charge is 2.29. The number of likely N-dealkylation sites (tertiary alicyclic amines) is 1. The van der Waals surface area contributed by atoms with E-state index < -0.39 is 29.1 Å². The zero-order valence-corrected chi connectivity index (χ0v) is 24.5. The second-order valence-corrected chi connectivity index (χ2v) is 12.3. The van der Waals surface area contributed by atoms with Gasteiger partial charge in [-0.05, 0) is 54.4 Å². The van der Waals surface area contributed by atoms with Crippen molar-refractivity contribution in [2.75, 3.05) is 36.9 Å². The van der Waals surface area contributed by atoms with Crippen LogP contribution in [-0.2, 0) is 10.0 Å². The van der Waals surface area contributed by atoms with Gasteiger partial charge in [-0.1, -0.05) is 19.1 Å². The SMILES string of the molecule is CCC(=O)c1c(-c2ccc(F)cc2)oc2cc(N(CCF)S(C)(=O)=O)c(-c3cccc(C(=O)N4CC[C@@H](C#N)C4)c3)cc12. The summed E-state index contributed by atoms with van der Waals surface area (Å²) in [6, 6.07) is 17.3. The number of rotatable bonds is 9. The summed E-state index contributed by atoms with van der Waals surface area (Å²) in [5, 5.41) is 9.65. The summed E-state index contributed by atoms with van der Waals surface area (Å²) in [6.07, 6.45) is 1.69. The quantitative estimate of drug-likeness (QED) is 0.210. The van der Waals surface area contributed by atoms with Gasteiger partial charge >= 0.3 is 0 Å². The highest BCUT2D eigenvalue weighted by atomic mass is 32.2. The second kappa shape index (κ2) is 12.0. The summed E-state index contributed by atoms with van der Waals surface area (Å²) in [4.78, 5) is 28.2. The van der Waals surface area contributed by atoms with E-state index in [4.69, 9.17) is 4.42 Å². The first kappa shape index (κ1) is 29.9. The smallest absolute Gasteiger partial charge is 0.253 e. The van der Waals surface area contributed by atoms with E-state index in [-0.39, 0.29) is 46.6 Å². The fraction of sp³-hybridized carbons (Fsp3) is 0.281. The van der Waals surface area contributed by atoms with Gasteiger partial charge in [0.05, 0.1) is 36.0 Å². The van der Waals surface area contributed by atoms with Crippen LogP contribution in [-0.4, -0.2) is 57.6 Å². The van der Waals surface area contributed by atoms with E-state index in [1.54, 1.807) is 42.2 Å². The Morgan fingerprint density at radius 1 is 1.12 bits per heavy atom. The highest BCUT2D eigenvalue weighted by Crippen LogP contribution is 2.42. The van der Waals surface area contributed by atoms with Gasteiger partial charge in [0.25, 0.3) is 5.91 Å². The molecule has 1 fully saturated rings. The summed E-state index contributed by atoms with van der Waals surface area (Å²) in [6.45, 7) is 1.03. The zero-order chi connectivity index (χ0) is 30.9. The van der Waals surface area contributed by atoms with Crippen LogP contribution in [0.15, 0.2) is 65.1 Å². The van der Waals surface area contributed by atoms with Crippen molar-refractivity contribution in [2.24, 2.45) is 5.92 Å². The summed E-state index contributed by atoms with van der Waals surface area (Å²) >= 11 is 0. The number of fused-ring (bicyclic) bond motifs is 1. The third kappa shape index (κ3) is 5.88. The third-order valence-electron chi connectivity index (χ3n) is 7.55. The molecule has 1 atom stereocenters. The van der Waals surface area contributed by atoms with Crippen LogP contribution >= 0.6 is 0 Å². The molecule has 1 amide bonds. The number of hydrogen-bond acceptors (Lipinski definition) is 6. The predicted octanol–water partition coefficient (Wildman–Crippen LogP) is 6.22. The van der Waals surface area contributed by atoms with Gasteiger partial charge < -0.3 is 9.32 Å². The van der Waals surface area contributed by atoms with E-state index in [1.165, 1.54) is 30.3 Å². The van der Waals surface area contributed by atoms with E-state index >= 15 is 0 Å².